The highest BCUT2D eigenvalue weighted by Crippen LogP contribution is 1.93. The van der Waals surface area contributed by atoms with E-state index in [-0.39, 0.29) is 12.5 Å². The predicted octanol–water partition coefficient (Wildman–Crippen LogP) is 1.31. The molecule has 0 aliphatic carbocycles. The molecule has 4 nitrogen and oxygen atoms in total. The Morgan fingerprint density at radius 2 is 2.06 bits per heavy atom. The van der Waals surface area contributed by atoms with Crippen molar-refractivity contribution in [2.75, 3.05) is 26.3 Å². The highest BCUT2D eigenvalue weighted by Gasteiger charge is 2.03. The molecule has 0 aliphatic heterocycles. The first kappa shape index (κ1) is 15.4. The second-order valence-corrected chi connectivity index (χ2v) is 4.02. The van der Waals surface area contributed by atoms with E-state index >= 15 is 0 Å². The number of ether oxygens (including phenoxy) is 1. The molecule has 0 aromatic carbocycles. The molecule has 1 atom stereocenters. The van der Waals surface area contributed by atoms with Crippen molar-refractivity contribution in [3.05, 3.63) is 0 Å². The molecule has 0 saturated carbocycles. The van der Waals surface area contributed by atoms with E-state index < -0.39 is 0 Å². The lowest BCUT2D eigenvalue weighted by Crippen LogP contribution is -2.40. The molecule has 0 fully saturated rings. The maximum absolute atomic E-state index is 11.3. The van der Waals surface area contributed by atoms with Crippen molar-refractivity contribution in [2.45, 2.75) is 46.1 Å². The first-order chi connectivity index (χ1) is 7.70. The summed E-state index contributed by atoms with van der Waals surface area (Å²) < 4.78 is 5.26. The fourth-order valence-corrected chi connectivity index (χ4v) is 1.36. The number of nitrogens with one attached hydrogen (secondary N) is 2. The second-order valence-electron chi connectivity index (χ2n) is 4.02. The van der Waals surface area contributed by atoms with Gasteiger partial charge in [-0.1, -0.05) is 26.7 Å². The van der Waals surface area contributed by atoms with E-state index in [4.69, 9.17) is 4.74 Å². The lowest BCUT2D eigenvalue weighted by molar-refractivity contribution is -0.125. The molecule has 0 aromatic rings. The Balaban J connectivity index is 3.30. The number of likely N-dealkylation sites (N-methyl/N-ethyl adjacent to an activating group) is 1. The minimum Gasteiger partial charge on any atom is -0.372 e. The summed E-state index contributed by atoms with van der Waals surface area (Å²) in [6.45, 7) is 8.69. The van der Waals surface area contributed by atoms with Crippen LogP contribution >= 0.6 is 0 Å². The third-order valence-corrected chi connectivity index (χ3v) is 2.28. The molecule has 0 spiro atoms. The molecule has 0 aromatic heterocycles. The van der Waals surface area contributed by atoms with Gasteiger partial charge in [-0.3, -0.25) is 4.79 Å². The third-order valence-electron chi connectivity index (χ3n) is 2.28. The van der Waals surface area contributed by atoms with Crippen molar-refractivity contribution < 1.29 is 9.53 Å². The number of hydrogen-bond donors (Lipinski definition) is 2. The smallest absolute Gasteiger partial charge is 0.246 e. The van der Waals surface area contributed by atoms with Gasteiger partial charge in [0.1, 0.15) is 6.61 Å². The van der Waals surface area contributed by atoms with Gasteiger partial charge in [-0.05, 0) is 19.9 Å². The van der Waals surface area contributed by atoms with Gasteiger partial charge < -0.3 is 15.4 Å². The van der Waals surface area contributed by atoms with Gasteiger partial charge in [-0.15, -0.1) is 0 Å². The van der Waals surface area contributed by atoms with Gasteiger partial charge in [0, 0.05) is 19.2 Å². The molecule has 96 valence electrons. The normalized spacial score (nSPS) is 12.4. The summed E-state index contributed by atoms with van der Waals surface area (Å²) in [6.07, 6.45) is 3.38. The van der Waals surface area contributed by atoms with E-state index in [1.54, 1.807) is 0 Å². The first-order valence-corrected chi connectivity index (χ1v) is 6.28. The standard InChI is InChI=1S/C12H26N2O2/c1-4-6-7-8-16-10-12(15)14-9-11(3)13-5-2/h11,13H,4-10H2,1-3H3,(H,14,15)/t11-/m1/s1. The van der Waals surface area contributed by atoms with Gasteiger partial charge in [0.2, 0.25) is 5.91 Å². The van der Waals surface area contributed by atoms with E-state index in [1.807, 2.05) is 6.92 Å². The van der Waals surface area contributed by atoms with E-state index in [0.29, 0.717) is 19.2 Å². The van der Waals surface area contributed by atoms with Crippen molar-refractivity contribution in [2.24, 2.45) is 0 Å². The Bertz CT molecular complexity index is 174. The number of carbonyl (C=O) groups excluding carboxylic acids is 1. The van der Waals surface area contributed by atoms with Gasteiger partial charge in [0.15, 0.2) is 0 Å². The van der Waals surface area contributed by atoms with E-state index in [1.165, 1.54) is 12.8 Å². The molecule has 0 heterocycles. The molecule has 0 unspecified atom stereocenters. The van der Waals surface area contributed by atoms with Crippen LogP contribution in [0.5, 0.6) is 0 Å². The topological polar surface area (TPSA) is 50.4 Å². The number of hydrogen-bond acceptors (Lipinski definition) is 3. The molecule has 1 amide bonds. The Morgan fingerprint density at radius 1 is 1.31 bits per heavy atom. The number of carbonyl (C=O) groups is 1. The van der Waals surface area contributed by atoms with Crippen LogP contribution in [0, 0.1) is 0 Å². The summed E-state index contributed by atoms with van der Waals surface area (Å²) in [5.41, 5.74) is 0. The maximum atomic E-state index is 11.3. The Labute approximate surface area is 99.1 Å². The van der Waals surface area contributed by atoms with Gasteiger partial charge >= 0.3 is 0 Å². The van der Waals surface area contributed by atoms with Crippen molar-refractivity contribution in [3.8, 4) is 0 Å². The van der Waals surface area contributed by atoms with Crippen molar-refractivity contribution in [1.82, 2.24) is 10.6 Å². The molecule has 0 saturated heterocycles. The molecule has 0 bridgehead atoms. The zero-order valence-electron chi connectivity index (χ0n) is 10.8. The Morgan fingerprint density at radius 3 is 2.69 bits per heavy atom. The van der Waals surface area contributed by atoms with Crippen LogP contribution in [-0.4, -0.2) is 38.3 Å². The summed E-state index contributed by atoms with van der Waals surface area (Å²) in [4.78, 5) is 11.3. The highest BCUT2D eigenvalue weighted by molar-refractivity contribution is 5.77. The fourth-order valence-electron chi connectivity index (χ4n) is 1.36. The fraction of sp³-hybridized carbons (Fsp3) is 0.917. The molecule has 4 heteroatoms. The number of unbranched alkanes of at least 4 members (excludes halogenated alkanes) is 2. The Kier molecular flexibility index (Phi) is 10.5. The van der Waals surface area contributed by atoms with Gasteiger partial charge in [0.05, 0.1) is 0 Å². The third kappa shape index (κ3) is 9.93. The monoisotopic (exact) mass is 230 g/mol. The van der Waals surface area contributed by atoms with Crippen LogP contribution < -0.4 is 10.6 Å². The van der Waals surface area contributed by atoms with Crippen LogP contribution in [0.25, 0.3) is 0 Å². The molecule has 0 rings (SSSR count). The molecule has 2 N–H and O–H groups in total. The zero-order chi connectivity index (χ0) is 12.2. The van der Waals surface area contributed by atoms with Crippen molar-refractivity contribution >= 4 is 5.91 Å². The van der Waals surface area contributed by atoms with Crippen LogP contribution in [0.4, 0.5) is 0 Å². The van der Waals surface area contributed by atoms with Crippen LogP contribution in [-0.2, 0) is 9.53 Å². The van der Waals surface area contributed by atoms with Crippen LogP contribution in [0.2, 0.25) is 0 Å². The first-order valence-electron chi connectivity index (χ1n) is 6.28. The summed E-state index contributed by atoms with van der Waals surface area (Å²) in [7, 11) is 0. The lowest BCUT2D eigenvalue weighted by Gasteiger charge is -2.13. The van der Waals surface area contributed by atoms with Crippen molar-refractivity contribution in [3.63, 3.8) is 0 Å². The molecule has 0 aliphatic rings. The second kappa shape index (κ2) is 10.9. The van der Waals surface area contributed by atoms with Crippen molar-refractivity contribution in [1.29, 1.82) is 0 Å². The molecule has 0 radical (unpaired) electrons. The summed E-state index contributed by atoms with van der Waals surface area (Å²) in [5.74, 6) is -0.0266. The van der Waals surface area contributed by atoms with Crippen LogP contribution in [0.3, 0.4) is 0 Å². The summed E-state index contributed by atoms with van der Waals surface area (Å²) in [6, 6.07) is 0.314. The van der Waals surface area contributed by atoms with Crippen LogP contribution in [0.15, 0.2) is 0 Å². The predicted molar refractivity (Wildman–Crippen MR) is 66.5 cm³/mol. The SMILES string of the molecule is CCCCCOCC(=O)NC[C@@H](C)NCC. The van der Waals surface area contributed by atoms with E-state index in [9.17, 15) is 4.79 Å². The number of rotatable bonds is 10. The lowest BCUT2D eigenvalue weighted by atomic mass is 10.3. The highest BCUT2D eigenvalue weighted by atomic mass is 16.5. The van der Waals surface area contributed by atoms with E-state index in [0.717, 1.165) is 13.0 Å². The maximum Gasteiger partial charge on any atom is 0.246 e. The van der Waals surface area contributed by atoms with Gasteiger partial charge in [0.25, 0.3) is 0 Å². The zero-order valence-corrected chi connectivity index (χ0v) is 10.8. The van der Waals surface area contributed by atoms with Gasteiger partial charge in [-0.2, -0.15) is 0 Å². The quantitative estimate of drug-likeness (QED) is 0.556. The Hall–Kier alpha value is -0.610. The van der Waals surface area contributed by atoms with Gasteiger partial charge in [-0.25, -0.2) is 0 Å². The average Bonchev–Trinajstić information content (AvgIpc) is 2.26. The largest absolute Gasteiger partial charge is 0.372 e. The van der Waals surface area contributed by atoms with E-state index in [2.05, 4.69) is 24.5 Å². The molecule has 16 heavy (non-hydrogen) atoms. The minimum absolute atomic E-state index is 0.0266. The molecular weight excluding hydrogens is 204 g/mol. The average molecular weight is 230 g/mol. The summed E-state index contributed by atoms with van der Waals surface area (Å²) >= 11 is 0. The minimum atomic E-state index is -0.0266. The summed E-state index contributed by atoms with van der Waals surface area (Å²) in [5, 5.41) is 6.06. The van der Waals surface area contributed by atoms with Crippen LogP contribution in [0.1, 0.15) is 40.0 Å². The number of amides is 1. The molecular formula is C12H26N2O2.